The average Bonchev–Trinajstić information content (AvgIpc) is 3.22. The molecule has 0 aliphatic rings. The summed E-state index contributed by atoms with van der Waals surface area (Å²) in [6.45, 7) is 17.1. The largest absolute Gasteiger partial charge is 0.461 e. The Morgan fingerprint density at radius 1 is 0.754 bits per heavy atom. The SMILES string of the molecule is C=C(C)C[C@](NC(=S)NC(=O)OCc1cccc(CC(=C)C[C@](N)(C(=O)OC(C)C)c2ccc(-c3cnccn3)cc2)c1)(C(=O)OC(C)C)c1ccc(-c2cnccn2)cc1. The number of benzene rings is 3. The van der Waals surface area contributed by atoms with Gasteiger partial charge >= 0.3 is 18.0 Å². The molecule has 0 bridgehead atoms. The molecule has 0 fully saturated rings. The molecular formula is C47H51N7O6S. The number of esters is 2. The van der Waals surface area contributed by atoms with Gasteiger partial charge in [0, 0.05) is 48.8 Å². The quantitative estimate of drug-likeness (QED) is 0.0357. The van der Waals surface area contributed by atoms with E-state index in [9.17, 15) is 14.4 Å². The highest BCUT2D eigenvalue weighted by molar-refractivity contribution is 7.80. The van der Waals surface area contributed by atoms with Crippen LogP contribution in [-0.4, -0.2) is 55.3 Å². The van der Waals surface area contributed by atoms with Crippen LogP contribution in [0.15, 0.2) is 134 Å². The van der Waals surface area contributed by atoms with Gasteiger partial charge in [-0.3, -0.25) is 25.3 Å². The van der Waals surface area contributed by atoms with Crippen LogP contribution in [0.3, 0.4) is 0 Å². The lowest BCUT2D eigenvalue weighted by atomic mass is 9.83. The first-order chi connectivity index (χ1) is 29.1. The Kier molecular flexibility index (Phi) is 15.3. The molecule has 1 amide bonds. The van der Waals surface area contributed by atoms with Crippen LogP contribution in [0.5, 0.6) is 0 Å². The molecule has 0 aliphatic carbocycles. The number of carbonyl (C=O) groups is 3. The van der Waals surface area contributed by atoms with Crippen LogP contribution >= 0.6 is 12.2 Å². The number of aromatic nitrogens is 4. The van der Waals surface area contributed by atoms with Gasteiger partial charge in [-0.2, -0.15) is 0 Å². The van der Waals surface area contributed by atoms with E-state index in [-0.39, 0.29) is 30.7 Å². The highest BCUT2D eigenvalue weighted by atomic mass is 32.1. The molecule has 61 heavy (non-hydrogen) atoms. The molecule has 0 unspecified atom stereocenters. The summed E-state index contributed by atoms with van der Waals surface area (Å²) in [5.41, 5.74) is 10.8. The second-order valence-corrected chi connectivity index (χ2v) is 15.7. The van der Waals surface area contributed by atoms with Gasteiger partial charge in [-0.25, -0.2) is 14.4 Å². The molecule has 0 saturated heterocycles. The van der Waals surface area contributed by atoms with Crippen LogP contribution in [-0.2, 0) is 47.9 Å². The monoisotopic (exact) mass is 841 g/mol. The van der Waals surface area contributed by atoms with Crippen molar-refractivity contribution in [2.75, 3.05) is 0 Å². The maximum atomic E-state index is 13.9. The van der Waals surface area contributed by atoms with Gasteiger partial charge in [0.05, 0.1) is 36.0 Å². The molecule has 0 aliphatic heterocycles. The second-order valence-electron chi connectivity index (χ2n) is 15.3. The normalized spacial score (nSPS) is 13.0. The summed E-state index contributed by atoms with van der Waals surface area (Å²) in [5.74, 6) is -1.17. The van der Waals surface area contributed by atoms with Gasteiger partial charge in [-0.1, -0.05) is 90.5 Å². The number of thiocarbonyl (C=S) groups is 1. The number of alkyl carbamates (subject to hydrolysis) is 1. The van der Waals surface area contributed by atoms with Crippen LogP contribution in [0.4, 0.5) is 4.79 Å². The van der Waals surface area contributed by atoms with Gasteiger partial charge in [-0.05, 0) is 75.5 Å². The number of rotatable bonds is 17. The van der Waals surface area contributed by atoms with Gasteiger partial charge in [0.1, 0.15) is 12.1 Å². The van der Waals surface area contributed by atoms with E-state index in [4.69, 9.17) is 32.2 Å². The topological polar surface area (TPSA) is 181 Å². The van der Waals surface area contributed by atoms with E-state index in [1.165, 1.54) is 0 Å². The maximum absolute atomic E-state index is 13.9. The summed E-state index contributed by atoms with van der Waals surface area (Å²) in [6.07, 6.45) is 8.64. The minimum absolute atomic E-state index is 0.0927. The Hall–Kier alpha value is -6.64. The number of carbonyl (C=O) groups excluding carboxylic acids is 3. The van der Waals surface area contributed by atoms with E-state index in [2.05, 4.69) is 43.7 Å². The standard InChI is InChI=1S/C47H51N7O6S/c1-30(2)25-47(43(56)60-32(5)6,39-17-13-37(14-18-39)41-28-50-20-22-52-41)54-44(61)53-45(57)58-29-35-10-8-9-34(24-35)23-33(7)26-46(48,42(55)59-31(3)4)38-15-11-36(12-16-38)40-27-49-19-21-51-40/h8-22,24,27-28,31-32H,1,7,23,25-26,29,48H2,2-6H3,(H2,53,54,57,61)/t46-,47-/m1/s1. The number of nitrogens with zero attached hydrogens (tertiary/aromatic N) is 4. The Bertz CT molecular complexity index is 2340. The van der Waals surface area contributed by atoms with Crippen molar-refractivity contribution in [2.45, 2.75) is 83.8 Å². The van der Waals surface area contributed by atoms with E-state index in [1.54, 1.807) is 96.1 Å². The van der Waals surface area contributed by atoms with Crippen molar-refractivity contribution in [1.82, 2.24) is 30.6 Å². The molecule has 0 saturated carbocycles. The summed E-state index contributed by atoms with van der Waals surface area (Å²) in [4.78, 5) is 57.5. The number of ether oxygens (including phenoxy) is 3. The van der Waals surface area contributed by atoms with Crippen molar-refractivity contribution in [3.8, 4) is 22.5 Å². The van der Waals surface area contributed by atoms with Crippen molar-refractivity contribution in [1.29, 1.82) is 0 Å². The zero-order valence-corrected chi connectivity index (χ0v) is 35.8. The van der Waals surface area contributed by atoms with E-state index in [1.807, 2.05) is 48.5 Å². The van der Waals surface area contributed by atoms with Crippen molar-refractivity contribution < 1.29 is 28.6 Å². The average molecular weight is 842 g/mol. The fourth-order valence-electron chi connectivity index (χ4n) is 6.68. The lowest BCUT2D eigenvalue weighted by Gasteiger charge is -2.35. The van der Waals surface area contributed by atoms with E-state index in [0.717, 1.165) is 16.7 Å². The molecular weight excluding hydrogens is 791 g/mol. The van der Waals surface area contributed by atoms with Crippen LogP contribution < -0.4 is 16.4 Å². The van der Waals surface area contributed by atoms with E-state index in [0.29, 0.717) is 45.6 Å². The number of hydrogen-bond donors (Lipinski definition) is 3. The molecule has 3 aromatic carbocycles. The Labute approximate surface area is 361 Å². The molecule has 2 aromatic heterocycles. The van der Waals surface area contributed by atoms with Crippen molar-refractivity contribution in [3.63, 3.8) is 0 Å². The lowest BCUT2D eigenvalue weighted by Crippen LogP contribution is -2.56. The minimum atomic E-state index is -1.54. The van der Waals surface area contributed by atoms with Gasteiger partial charge in [-0.15, -0.1) is 6.58 Å². The Balaban J connectivity index is 1.25. The van der Waals surface area contributed by atoms with E-state index < -0.39 is 35.2 Å². The molecule has 14 heteroatoms. The molecule has 0 spiro atoms. The molecule has 316 valence electrons. The molecule has 4 N–H and O–H groups in total. The van der Waals surface area contributed by atoms with Gasteiger partial charge in [0.2, 0.25) is 0 Å². The first kappa shape index (κ1) is 45.4. The number of nitrogens with one attached hydrogen (secondary N) is 2. The highest BCUT2D eigenvalue weighted by Crippen LogP contribution is 2.33. The fraction of sp³-hybridized carbons (Fsp3) is 0.277. The molecule has 5 rings (SSSR count). The third-order valence-electron chi connectivity index (χ3n) is 9.35. The first-order valence-electron chi connectivity index (χ1n) is 19.7. The summed E-state index contributed by atoms with van der Waals surface area (Å²) in [7, 11) is 0. The summed E-state index contributed by atoms with van der Waals surface area (Å²) < 4.78 is 16.9. The number of nitrogens with two attached hydrogens (primary N) is 1. The zero-order valence-electron chi connectivity index (χ0n) is 35.0. The molecule has 2 atom stereocenters. The minimum Gasteiger partial charge on any atom is -0.461 e. The van der Waals surface area contributed by atoms with Crippen LogP contribution in [0, 0.1) is 0 Å². The van der Waals surface area contributed by atoms with Crippen molar-refractivity contribution in [3.05, 3.63) is 157 Å². The predicted molar refractivity (Wildman–Crippen MR) is 237 cm³/mol. The van der Waals surface area contributed by atoms with Gasteiger partial charge < -0.3 is 25.3 Å². The lowest BCUT2D eigenvalue weighted by molar-refractivity contribution is -0.156. The van der Waals surface area contributed by atoms with Crippen LogP contribution in [0.2, 0.25) is 0 Å². The predicted octanol–water partition coefficient (Wildman–Crippen LogP) is 7.81. The zero-order chi connectivity index (χ0) is 44.2. The van der Waals surface area contributed by atoms with Crippen LogP contribution in [0.1, 0.15) is 69.7 Å². The molecule has 0 radical (unpaired) electrons. The van der Waals surface area contributed by atoms with Crippen LogP contribution in [0.25, 0.3) is 22.5 Å². The fourth-order valence-corrected chi connectivity index (χ4v) is 6.93. The third kappa shape index (κ3) is 12.2. The van der Waals surface area contributed by atoms with E-state index >= 15 is 0 Å². The number of amides is 1. The summed E-state index contributed by atoms with van der Waals surface area (Å²) >= 11 is 5.58. The molecule has 5 aromatic rings. The highest BCUT2D eigenvalue weighted by Gasteiger charge is 2.44. The third-order valence-corrected chi connectivity index (χ3v) is 9.55. The summed E-state index contributed by atoms with van der Waals surface area (Å²) in [6, 6.07) is 21.9. The van der Waals surface area contributed by atoms with Crippen molar-refractivity contribution >= 4 is 35.4 Å². The first-order valence-corrected chi connectivity index (χ1v) is 20.1. The number of hydrogen-bond acceptors (Lipinski definition) is 12. The molecule has 13 nitrogen and oxygen atoms in total. The Morgan fingerprint density at radius 2 is 1.30 bits per heavy atom. The van der Waals surface area contributed by atoms with Gasteiger partial charge in [0.15, 0.2) is 10.7 Å². The Morgan fingerprint density at radius 3 is 1.82 bits per heavy atom. The molecule has 2 heterocycles. The van der Waals surface area contributed by atoms with Gasteiger partial charge in [0.25, 0.3) is 0 Å². The maximum Gasteiger partial charge on any atom is 0.413 e. The summed E-state index contributed by atoms with van der Waals surface area (Å²) in [5, 5.41) is 5.45. The second kappa shape index (κ2) is 20.6. The smallest absolute Gasteiger partial charge is 0.413 e. The van der Waals surface area contributed by atoms with Crippen molar-refractivity contribution in [2.24, 2.45) is 5.73 Å².